The van der Waals surface area contributed by atoms with Gasteiger partial charge >= 0.3 is 11.9 Å². The largest absolute Gasteiger partial charge is 0.477 e. The summed E-state index contributed by atoms with van der Waals surface area (Å²) in [5.41, 5.74) is 6.16. The van der Waals surface area contributed by atoms with Gasteiger partial charge in [0.05, 0.1) is 0 Å². The third kappa shape index (κ3) is 4.19. The van der Waals surface area contributed by atoms with Crippen molar-refractivity contribution in [3.63, 3.8) is 0 Å². The fraction of sp³-hybridized carbons (Fsp3) is 0.500. The summed E-state index contributed by atoms with van der Waals surface area (Å²) in [6.07, 6.45) is 0. The Bertz CT molecular complexity index is 784. The standard InChI is InChI=1S/C16H19N3O6S3/c1-7(20)25-4-8-5-28-15-11(14(22)19(15)12(8)16(23)24)18-13(21)10(17)9-6-26-2-3-27-9/h6,10-11,15H,2-5,17H2,1H3,(H,18,21)(H,23,24). The van der Waals surface area contributed by atoms with E-state index in [-0.39, 0.29) is 18.1 Å². The lowest BCUT2D eigenvalue weighted by Gasteiger charge is -2.49. The van der Waals surface area contributed by atoms with Crippen LogP contribution in [0.15, 0.2) is 21.6 Å². The van der Waals surface area contributed by atoms with E-state index in [0.29, 0.717) is 5.57 Å². The first-order valence-electron chi connectivity index (χ1n) is 8.35. The molecule has 0 aliphatic carbocycles. The van der Waals surface area contributed by atoms with Gasteiger partial charge in [-0.25, -0.2) is 4.79 Å². The summed E-state index contributed by atoms with van der Waals surface area (Å²) in [5.74, 6) is -0.697. The van der Waals surface area contributed by atoms with E-state index in [2.05, 4.69) is 5.32 Å². The number of nitrogens with zero attached hydrogens (tertiary/aromatic N) is 1. The third-order valence-corrected chi connectivity index (χ3v) is 7.98. The molecular weight excluding hydrogens is 426 g/mol. The molecule has 0 aromatic carbocycles. The second kappa shape index (κ2) is 8.80. The number of ether oxygens (including phenoxy) is 1. The first-order chi connectivity index (χ1) is 13.3. The number of nitrogens with one attached hydrogen (secondary N) is 1. The number of hydrogen-bond acceptors (Lipinski definition) is 9. The van der Waals surface area contributed by atoms with E-state index in [9.17, 15) is 24.3 Å². The van der Waals surface area contributed by atoms with E-state index < -0.39 is 41.2 Å². The van der Waals surface area contributed by atoms with Gasteiger partial charge in [0.15, 0.2) is 0 Å². The van der Waals surface area contributed by atoms with Crippen molar-refractivity contribution in [2.75, 3.05) is 23.9 Å². The van der Waals surface area contributed by atoms with Crippen LogP contribution in [0.3, 0.4) is 0 Å². The smallest absolute Gasteiger partial charge is 0.352 e. The lowest BCUT2D eigenvalue weighted by Crippen LogP contribution is -2.71. The van der Waals surface area contributed by atoms with Crippen LogP contribution in [-0.4, -0.2) is 75.1 Å². The van der Waals surface area contributed by atoms with Crippen LogP contribution in [0.2, 0.25) is 0 Å². The third-order valence-electron chi connectivity index (χ3n) is 4.26. The SMILES string of the molecule is CC(=O)OCC1=C(C(=O)O)N2C(=O)C(NC(=O)C(N)C3=CSCCS3)C2SC1. The Morgan fingerprint density at radius 1 is 1.43 bits per heavy atom. The van der Waals surface area contributed by atoms with Crippen molar-refractivity contribution in [2.24, 2.45) is 5.73 Å². The van der Waals surface area contributed by atoms with Crippen LogP contribution in [0.5, 0.6) is 0 Å². The number of nitrogens with two attached hydrogens (primary N) is 1. The predicted molar refractivity (Wildman–Crippen MR) is 107 cm³/mol. The number of fused-ring (bicyclic) bond motifs is 1. The Morgan fingerprint density at radius 2 is 2.18 bits per heavy atom. The highest BCUT2D eigenvalue weighted by Gasteiger charge is 2.54. The van der Waals surface area contributed by atoms with Gasteiger partial charge in [0.1, 0.15) is 29.8 Å². The van der Waals surface area contributed by atoms with Crippen LogP contribution in [0, 0.1) is 0 Å². The molecule has 3 aliphatic rings. The number of carbonyl (C=O) groups excluding carboxylic acids is 3. The molecule has 3 atom stereocenters. The molecule has 9 nitrogen and oxygen atoms in total. The zero-order valence-corrected chi connectivity index (χ0v) is 17.3. The maximum Gasteiger partial charge on any atom is 0.352 e. The predicted octanol–water partition coefficient (Wildman–Crippen LogP) is -0.0632. The summed E-state index contributed by atoms with van der Waals surface area (Å²) < 4.78 is 4.89. The van der Waals surface area contributed by atoms with Gasteiger partial charge in [-0.2, -0.15) is 0 Å². The molecule has 4 N–H and O–H groups in total. The molecule has 0 aromatic rings. The number of rotatable bonds is 6. The quantitative estimate of drug-likeness (QED) is 0.376. The van der Waals surface area contributed by atoms with Gasteiger partial charge in [0.2, 0.25) is 5.91 Å². The van der Waals surface area contributed by atoms with Gasteiger partial charge < -0.3 is 20.9 Å². The maximum atomic E-state index is 12.6. The normalized spacial score (nSPS) is 25.3. The van der Waals surface area contributed by atoms with Crippen molar-refractivity contribution >= 4 is 59.0 Å². The number of carboxylic acids is 1. The minimum Gasteiger partial charge on any atom is -0.477 e. The molecule has 3 rings (SSSR count). The minimum absolute atomic E-state index is 0.188. The van der Waals surface area contributed by atoms with Gasteiger partial charge in [-0.05, 0) is 5.41 Å². The molecule has 12 heteroatoms. The Balaban J connectivity index is 1.69. The van der Waals surface area contributed by atoms with Crippen molar-refractivity contribution in [1.29, 1.82) is 0 Å². The van der Waals surface area contributed by atoms with Crippen LogP contribution in [0.1, 0.15) is 6.92 Å². The van der Waals surface area contributed by atoms with E-state index in [4.69, 9.17) is 10.5 Å². The fourth-order valence-corrected chi connectivity index (χ4v) is 6.37. The first-order valence-corrected chi connectivity index (χ1v) is 11.4. The average Bonchev–Trinajstić information content (AvgIpc) is 2.69. The summed E-state index contributed by atoms with van der Waals surface area (Å²) in [4.78, 5) is 49.6. The second-order valence-corrected chi connectivity index (χ2v) is 9.40. The van der Waals surface area contributed by atoms with Crippen LogP contribution >= 0.6 is 35.3 Å². The van der Waals surface area contributed by atoms with Gasteiger partial charge in [-0.3, -0.25) is 19.3 Å². The molecule has 2 amide bonds. The second-order valence-electron chi connectivity index (χ2n) is 6.15. The molecule has 3 heterocycles. The molecule has 152 valence electrons. The van der Waals surface area contributed by atoms with Crippen LogP contribution in [0.4, 0.5) is 0 Å². The topological polar surface area (TPSA) is 139 Å². The summed E-state index contributed by atoms with van der Waals surface area (Å²) in [7, 11) is 0. The van der Waals surface area contributed by atoms with Gasteiger partial charge in [-0.1, -0.05) is 0 Å². The summed E-state index contributed by atoms with van der Waals surface area (Å²) >= 11 is 4.41. The lowest BCUT2D eigenvalue weighted by atomic mass is 10.0. The summed E-state index contributed by atoms with van der Waals surface area (Å²) in [6.45, 7) is 1.04. The molecule has 3 unspecified atom stereocenters. The van der Waals surface area contributed by atoms with E-state index in [1.165, 1.54) is 30.4 Å². The number of carbonyl (C=O) groups is 4. The molecular formula is C16H19N3O6S3. The highest BCUT2D eigenvalue weighted by molar-refractivity contribution is 8.09. The Kier molecular flexibility index (Phi) is 6.63. The Hall–Kier alpha value is -1.63. The lowest BCUT2D eigenvalue weighted by molar-refractivity contribution is -0.151. The summed E-state index contributed by atoms with van der Waals surface area (Å²) in [5, 5.41) is 13.5. The first kappa shape index (κ1) is 21.1. The summed E-state index contributed by atoms with van der Waals surface area (Å²) in [6, 6.07) is -1.70. The van der Waals surface area contributed by atoms with Crippen molar-refractivity contribution in [2.45, 2.75) is 24.4 Å². The zero-order valence-electron chi connectivity index (χ0n) is 14.9. The minimum atomic E-state index is -1.27. The van der Waals surface area contributed by atoms with E-state index in [1.54, 1.807) is 11.8 Å². The number of thioether (sulfide) groups is 3. The number of hydrogen-bond donors (Lipinski definition) is 3. The Labute approximate surface area is 173 Å². The fourth-order valence-electron chi connectivity index (χ4n) is 2.90. The van der Waals surface area contributed by atoms with Crippen molar-refractivity contribution in [3.05, 3.63) is 21.6 Å². The zero-order chi connectivity index (χ0) is 20.4. The number of amides is 2. The van der Waals surface area contributed by atoms with Crippen molar-refractivity contribution < 1.29 is 29.0 Å². The monoisotopic (exact) mass is 445 g/mol. The number of β-lactam (4-membered cyclic amide) rings is 1. The number of carboxylic acid groups (broad SMARTS) is 1. The van der Waals surface area contributed by atoms with Crippen LogP contribution in [-0.2, 0) is 23.9 Å². The van der Waals surface area contributed by atoms with Crippen molar-refractivity contribution in [3.8, 4) is 0 Å². The highest BCUT2D eigenvalue weighted by Crippen LogP contribution is 2.40. The highest BCUT2D eigenvalue weighted by atomic mass is 32.2. The molecule has 0 saturated carbocycles. The van der Waals surface area contributed by atoms with E-state index >= 15 is 0 Å². The molecule has 0 spiro atoms. The van der Waals surface area contributed by atoms with Crippen LogP contribution < -0.4 is 11.1 Å². The van der Waals surface area contributed by atoms with Crippen LogP contribution in [0.25, 0.3) is 0 Å². The Morgan fingerprint density at radius 3 is 2.79 bits per heavy atom. The number of aliphatic carboxylic acids is 1. The molecule has 1 saturated heterocycles. The maximum absolute atomic E-state index is 12.6. The molecule has 0 aromatic heterocycles. The molecule has 0 bridgehead atoms. The molecule has 0 radical (unpaired) electrons. The molecule has 3 aliphatic heterocycles. The molecule has 28 heavy (non-hydrogen) atoms. The van der Waals surface area contributed by atoms with Gasteiger partial charge in [0, 0.05) is 34.7 Å². The van der Waals surface area contributed by atoms with Crippen molar-refractivity contribution in [1.82, 2.24) is 10.2 Å². The van der Waals surface area contributed by atoms with Gasteiger partial charge in [0.25, 0.3) is 5.91 Å². The number of esters is 1. The van der Waals surface area contributed by atoms with E-state index in [1.807, 2.05) is 5.41 Å². The van der Waals surface area contributed by atoms with E-state index in [0.717, 1.165) is 21.3 Å². The van der Waals surface area contributed by atoms with Gasteiger partial charge in [-0.15, -0.1) is 35.3 Å². The average molecular weight is 446 g/mol. The molecule has 1 fully saturated rings.